The summed E-state index contributed by atoms with van der Waals surface area (Å²) in [4.78, 5) is 3.40. The maximum Gasteiger partial charge on any atom is 0.574 e. The molecule has 0 fully saturated rings. The summed E-state index contributed by atoms with van der Waals surface area (Å²) in [6, 6.07) is 3.82. The second kappa shape index (κ2) is 3.48. The summed E-state index contributed by atoms with van der Waals surface area (Å²) in [5, 5.41) is 0. The number of rotatable bonds is 2. The Kier molecular flexibility index (Phi) is 2.57. The van der Waals surface area contributed by atoms with Gasteiger partial charge in [-0.15, -0.1) is 13.2 Å². The minimum absolute atomic E-state index is 0.0988. The van der Waals surface area contributed by atoms with Crippen LogP contribution in [0.5, 0.6) is 5.88 Å². The number of nitrogen functional groups attached to an aromatic ring is 1. The maximum absolute atomic E-state index is 11.7. The van der Waals surface area contributed by atoms with Crippen molar-refractivity contribution >= 4 is 5.82 Å². The van der Waals surface area contributed by atoms with E-state index in [0.717, 1.165) is 6.07 Å². The molecule has 0 saturated heterocycles. The average molecular weight is 193 g/mol. The molecule has 0 aliphatic carbocycles. The molecule has 0 aromatic carbocycles. The minimum Gasteiger partial charge on any atom is -0.388 e. The number of aromatic nitrogens is 1. The molecule has 7 heteroatoms. The molecule has 13 heavy (non-hydrogen) atoms. The normalized spacial score (nSPS) is 11.1. The smallest absolute Gasteiger partial charge is 0.388 e. The highest BCUT2D eigenvalue weighted by Gasteiger charge is 2.31. The van der Waals surface area contributed by atoms with Gasteiger partial charge in [0, 0.05) is 6.07 Å². The SMILES string of the molecule is NNc1cccc(OC(F)(F)F)n1. The number of pyridine rings is 1. The second-order valence-electron chi connectivity index (χ2n) is 2.05. The molecule has 3 N–H and O–H groups in total. The monoisotopic (exact) mass is 193 g/mol. The number of nitrogens with one attached hydrogen (secondary N) is 1. The van der Waals surface area contributed by atoms with E-state index in [1.165, 1.54) is 12.1 Å². The Morgan fingerprint density at radius 2 is 2.08 bits per heavy atom. The molecule has 4 nitrogen and oxygen atoms in total. The summed E-state index contributed by atoms with van der Waals surface area (Å²) < 4.78 is 38.5. The van der Waals surface area contributed by atoms with E-state index in [0.29, 0.717) is 0 Å². The minimum atomic E-state index is -4.74. The number of nitrogens with two attached hydrogens (primary N) is 1. The van der Waals surface area contributed by atoms with Crippen molar-refractivity contribution in [1.29, 1.82) is 0 Å². The third kappa shape index (κ3) is 3.16. The Bertz CT molecular complexity index is 289. The summed E-state index contributed by atoms with van der Waals surface area (Å²) in [7, 11) is 0. The van der Waals surface area contributed by atoms with Gasteiger partial charge in [0.2, 0.25) is 5.88 Å². The zero-order valence-electron chi connectivity index (χ0n) is 6.30. The molecule has 0 bridgehead atoms. The van der Waals surface area contributed by atoms with Gasteiger partial charge in [0.05, 0.1) is 0 Å². The predicted octanol–water partition coefficient (Wildman–Crippen LogP) is 1.27. The van der Waals surface area contributed by atoms with E-state index in [4.69, 9.17) is 5.84 Å². The van der Waals surface area contributed by atoms with E-state index >= 15 is 0 Å². The zero-order chi connectivity index (χ0) is 9.90. The molecule has 1 rings (SSSR count). The van der Waals surface area contributed by atoms with Crippen molar-refractivity contribution in [2.75, 3.05) is 5.43 Å². The highest BCUT2D eigenvalue weighted by Crippen LogP contribution is 2.21. The number of nitrogens with zero attached hydrogens (tertiary/aromatic N) is 1. The first-order valence-electron chi connectivity index (χ1n) is 3.21. The van der Waals surface area contributed by atoms with Crippen molar-refractivity contribution in [1.82, 2.24) is 4.98 Å². The fourth-order valence-electron chi connectivity index (χ4n) is 0.671. The predicted molar refractivity (Wildman–Crippen MR) is 38.7 cm³/mol. The first-order chi connectivity index (χ1) is 6.01. The van der Waals surface area contributed by atoms with Gasteiger partial charge in [0.15, 0.2) is 0 Å². The van der Waals surface area contributed by atoms with Crippen LogP contribution in [0.4, 0.5) is 19.0 Å². The summed E-state index contributed by atoms with van der Waals surface area (Å²) >= 11 is 0. The highest BCUT2D eigenvalue weighted by atomic mass is 19.4. The Labute approximate surface area is 71.5 Å². The van der Waals surface area contributed by atoms with Gasteiger partial charge in [0.1, 0.15) is 5.82 Å². The van der Waals surface area contributed by atoms with E-state index in [2.05, 4.69) is 15.1 Å². The number of anilines is 1. The van der Waals surface area contributed by atoms with Crippen LogP contribution in [-0.2, 0) is 0 Å². The van der Waals surface area contributed by atoms with Gasteiger partial charge < -0.3 is 10.2 Å². The largest absolute Gasteiger partial charge is 0.574 e. The Morgan fingerprint density at radius 1 is 1.38 bits per heavy atom. The van der Waals surface area contributed by atoms with Gasteiger partial charge in [-0.25, -0.2) is 5.84 Å². The van der Waals surface area contributed by atoms with Crippen molar-refractivity contribution < 1.29 is 17.9 Å². The van der Waals surface area contributed by atoms with E-state index in [-0.39, 0.29) is 5.82 Å². The summed E-state index contributed by atoms with van der Waals surface area (Å²) in [5.74, 6) is 4.48. The fraction of sp³-hybridized carbons (Fsp3) is 0.167. The van der Waals surface area contributed by atoms with Gasteiger partial charge in [-0.3, -0.25) is 0 Å². The summed E-state index contributed by atoms with van der Waals surface area (Å²) in [5.41, 5.74) is 2.09. The lowest BCUT2D eigenvalue weighted by Gasteiger charge is -2.08. The highest BCUT2D eigenvalue weighted by molar-refractivity contribution is 5.35. The van der Waals surface area contributed by atoms with Gasteiger partial charge >= 0.3 is 6.36 Å². The van der Waals surface area contributed by atoms with E-state index < -0.39 is 12.2 Å². The van der Waals surface area contributed by atoms with Crippen molar-refractivity contribution in [3.05, 3.63) is 18.2 Å². The second-order valence-corrected chi connectivity index (χ2v) is 2.05. The molecule has 0 aliphatic heterocycles. The van der Waals surface area contributed by atoms with Crippen molar-refractivity contribution in [3.63, 3.8) is 0 Å². The van der Waals surface area contributed by atoms with Crippen LogP contribution in [-0.4, -0.2) is 11.3 Å². The Morgan fingerprint density at radius 3 is 2.62 bits per heavy atom. The Balaban J connectivity index is 2.78. The quantitative estimate of drug-likeness (QED) is 0.548. The number of alkyl halides is 3. The molecule has 1 aromatic rings. The van der Waals surface area contributed by atoms with Crippen molar-refractivity contribution in [3.8, 4) is 5.88 Å². The number of ether oxygens (including phenoxy) is 1. The fourth-order valence-corrected chi connectivity index (χ4v) is 0.671. The molecule has 0 atom stereocenters. The van der Waals surface area contributed by atoms with Crippen LogP contribution in [0.3, 0.4) is 0 Å². The number of hydrazine groups is 1. The molecule has 0 unspecified atom stereocenters. The number of hydrogen-bond donors (Lipinski definition) is 2. The molecule has 0 amide bonds. The summed E-state index contributed by atoms with van der Waals surface area (Å²) in [6.07, 6.45) is -4.74. The van der Waals surface area contributed by atoms with Gasteiger partial charge in [-0.05, 0) is 6.07 Å². The lowest BCUT2D eigenvalue weighted by molar-refractivity contribution is -0.276. The third-order valence-corrected chi connectivity index (χ3v) is 1.09. The standard InChI is InChI=1S/C6H6F3N3O/c7-6(8,9)13-5-3-1-2-4(11-5)12-10/h1-3H,10H2,(H,11,12). The number of halogens is 3. The molecule has 0 saturated carbocycles. The third-order valence-electron chi connectivity index (χ3n) is 1.09. The molecule has 1 aromatic heterocycles. The molecule has 1 heterocycles. The van der Waals surface area contributed by atoms with Crippen LogP contribution < -0.4 is 16.0 Å². The molecule has 0 aliphatic rings. The summed E-state index contributed by atoms with van der Waals surface area (Å²) in [6.45, 7) is 0. The molecule has 0 spiro atoms. The first-order valence-corrected chi connectivity index (χ1v) is 3.21. The molecule has 0 radical (unpaired) electrons. The van der Waals surface area contributed by atoms with Crippen LogP contribution in [0.25, 0.3) is 0 Å². The van der Waals surface area contributed by atoms with Crippen LogP contribution in [0.2, 0.25) is 0 Å². The van der Waals surface area contributed by atoms with Crippen LogP contribution in [0.1, 0.15) is 0 Å². The zero-order valence-corrected chi connectivity index (χ0v) is 6.30. The number of hydrogen-bond acceptors (Lipinski definition) is 4. The van der Waals surface area contributed by atoms with E-state index in [9.17, 15) is 13.2 Å². The van der Waals surface area contributed by atoms with Crippen molar-refractivity contribution in [2.24, 2.45) is 5.84 Å². The molecular weight excluding hydrogens is 187 g/mol. The topological polar surface area (TPSA) is 60.2 Å². The molecular formula is C6H6F3N3O. The van der Waals surface area contributed by atoms with Crippen LogP contribution in [0, 0.1) is 0 Å². The van der Waals surface area contributed by atoms with E-state index in [1.54, 1.807) is 0 Å². The van der Waals surface area contributed by atoms with Crippen molar-refractivity contribution in [2.45, 2.75) is 6.36 Å². The average Bonchev–Trinajstić information content (AvgIpc) is 2.01. The lowest BCUT2D eigenvalue weighted by Crippen LogP contribution is -2.18. The van der Waals surface area contributed by atoms with Gasteiger partial charge in [0.25, 0.3) is 0 Å². The first kappa shape index (κ1) is 9.59. The van der Waals surface area contributed by atoms with Crippen LogP contribution in [0.15, 0.2) is 18.2 Å². The van der Waals surface area contributed by atoms with Crippen LogP contribution >= 0.6 is 0 Å². The maximum atomic E-state index is 11.7. The van der Waals surface area contributed by atoms with E-state index in [1.807, 2.05) is 0 Å². The Hall–Kier alpha value is -1.50. The lowest BCUT2D eigenvalue weighted by atomic mass is 10.4. The van der Waals surface area contributed by atoms with Gasteiger partial charge in [-0.1, -0.05) is 6.07 Å². The van der Waals surface area contributed by atoms with Gasteiger partial charge in [-0.2, -0.15) is 4.98 Å². The molecule has 72 valence electrons.